The molecule has 6 heteroatoms. The zero-order valence-corrected chi connectivity index (χ0v) is 13.0. The molecule has 2 aromatic rings. The van der Waals surface area contributed by atoms with Crippen LogP contribution in [0.1, 0.15) is 13.8 Å². The fourth-order valence-electron chi connectivity index (χ4n) is 1.83. The number of aromatic nitrogens is 2. The molecular weight excluding hydrogens is 292 g/mol. The lowest BCUT2D eigenvalue weighted by Crippen LogP contribution is -1.99. The Balaban J connectivity index is 2.43. The van der Waals surface area contributed by atoms with E-state index in [4.69, 9.17) is 25.8 Å². The van der Waals surface area contributed by atoms with E-state index in [2.05, 4.69) is 9.97 Å². The molecule has 0 aliphatic carbocycles. The van der Waals surface area contributed by atoms with E-state index in [0.29, 0.717) is 41.6 Å². The molecule has 0 bridgehead atoms. The summed E-state index contributed by atoms with van der Waals surface area (Å²) in [6, 6.07) is 7.07. The Morgan fingerprint density at radius 2 is 1.76 bits per heavy atom. The minimum atomic E-state index is 0.331. The van der Waals surface area contributed by atoms with Crippen LogP contribution in [0.25, 0.3) is 11.4 Å². The van der Waals surface area contributed by atoms with Gasteiger partial charge in [0.15, 0.2) is 17.3 Å². The third-order valence-corrected chi connectivity index (χ3v) is 2.88. The van der Waals surface area contributed by atoms with Crippen molar-refractivity contribution in [3.63, 3.8) is 0 Å². The van der Waals surface area contributed by atoms with Gasteiger partial charge in [-0.2, -0.15) is 4.98 Å². The molecule has 0 aliphatic rings. The van der Waals surface area contributed by atoms with E-state index < -0.39 is 0 Å². The standard InChI is InChI=1S/C15H17ClN2O3/c1-4-20-12-8-10(6-7-11(12)19-3)15-17-13(16)9-14(18-15)21-5-2/h6-9H,4-5H2,1-3H3. The van der Waals surface area contributed by atoms with Crippen molar-refractivity contribution >= 4 is 11.6 Å². The molecule has 1 aromatic heterocycles. The minimum absolute atomic E-state index is 0.331. The molecule has 5 nitrogen and oxygen atoms in total. The minimum Gasteiger partial charge on any atom is -0.493 e. The van der Waals surface area contributed by atoms with Crippen LogP contribution in [0.3, 0.4) is 0 Å². The van der Waals surface area contributed by atoms with E-state index in [1.807, 2.05) is 32.0 Å². The molecule has 0 spiro atoms. The number of hydrogen-bond acceptors (Lipinski definition) is 5. The molecule has 112 valence electrons. The van der Waals surface area contributed by atoms with Crippen molar-refractivity contribution in [1.29, 1.82) is 0 Å². The molecule has 0 saturated heterocycles. The second kappa shape index (κ2) is 7.13. The van der Waals surface area contributed by atoms with Crippen molar-refractivity contribution in [2.45, 2.75) is 13.8 Å². The summed E-state index contributed by atoms with van der Waals surface area (Å²) in [7, 11) is 1.60. The van der Waals surface area contributed by atoms with Crippen LogP contribution in [0.15, 0.2) is 24.3 Å². The number of methoxy groups -OCH3 is 1. The molecular formula is C15H17ClN2O3. The van der Waals surface area contributed by atoms with E-state index in [0.717, 1.165) is 5.56 Å². The average Bonchev–Trinajstić information content (AvgIpc) is 2.47. The highest BCUT2D eigenvalue weighted by atomic mass is 35.5. The summed E-state index contributed by atoms with van der Waals surface area (Å²) in [6.45, 7) is 4.85. The number of benzene rings is 1. The number of rotatable bonds is 6. The Labute approximate surface area is 128 Å². The fourth-order valence-corrected chi connectivity index (χ4v) is 2.01. The molecule has 2 rings (SSSR count). The van der Waals surface area contributed by atoms with Gasteiger partial charge in [-0.15, -0.1) is 0 Å². The number of ether oxygens (including phenoxy) is 3. The molecule has 1 aromatic carbocycles. The first-order chi connectivity index (χ1) is 10.2. The van der Waals surface area contributed by atoms with Crippen LogP contribution in [0.4, 0.5) is 0 Å². The molecule has 0 saturated carbocycles. The van der Waals surface area contributed by atoms with Gasteiger partial charge in [0, 0.05) is 11.6 Å². The number of nitrogens with zero attached hydrogens (tertiary/aromatic N) is 2. The Bertz CT molecular complexity index is 620. The molecule has 0 fully saturated rings. The molecule has 0 amide bonds. The average molecular weight is 309 g/mol. The summed E-state index contributed by atoms with van der Waals surface area (Å²) >= 11 is 6.01. The predicted molar refractivity (Wildman–Crippen MR) is 81.4 cm³/mol. The quantitative estimate of drug-likeness (QED) is 0.763. The van der Waals surface area contributed by atoms with Gasteiger partial charge in [-0.05, 0) is 32.0 Å². The van der Waals surface area contributed by atoms with Gasteiger partial charge in [-0.3, -0.25) is 0 Å². The van der Waals surface area contributed by atoms with E-state index in [1.165, 1.54) is 0 Å². The van der Waals surface area contributed by atoms with Gasteiger partial charge in [0.25, 0.3) is 0 Å². The molecule has 21 heavy (non-hydrogen) atoms. The molecule has 0 atom stereocenters. The normalized spacial score (nSPS) is 10.3. The maximum absolute atomic E-state index is 6.01. The van der Waals surface area contributed by atoms with Crippen LogP contribution >= 0.6 is 11.6 Å². The van der Waals surface area contributed by atoms with E-state index in [-0.39, 0.29) is 0 Å². The third kappa shape index (κ3) is 3.76. The first kappa shape index (κ1) is 15.4. The lowest BCUT2D eigenvalue weighted by molar-refractivity contribution is 0.311. The van der Waals surface area contributed by atoms with Crippen LogP contribution in [0, 0.1) is 0 Å². The van der Waals surface area contributed by atoms with E-state index in [9.17, 15) is 0 Å². The second-order valence-corrected chi connectivity index (χ2v) is 4.47. The Morgan fingerprint density at radius 3 is 2.43 bits per heavy atom. The summed E-state index contributed by atoms with van der Waals surface area (Å²) in [5.74, 6) is 2.22. The first-order valence-corrected chi connectivity index (χ1v) is 7.04. The summed E-state index contributed by atoms with van der Waals surface area (Å²) in [6.07, 6.45) is 0. The smallest absolute Gasteiger partial charge is 0.218 e. The predicted octanol–water partition coefficient (Wildman–Crippen LogP) is 3.60. The largest absolute Gasteiger partial charge is 0.493 e. The van der Waals surface area contributed by atoms with Crippen LogP contribution in [0.5, 0.6) is 17.4 Å². The topological polar surface area (TPSA) is 53.5 Å². The van der Waals surface area contributed by atoms with Crippen molar-refractivity contribution in [1.82, 2.24) is 9.97 Å². The second-order valence-electron chi connectivity index (χ2n) is 4.08. The zero-order valence-electron chi connectivity index (χ0n) is 12.2. The highest BCUT2D eigenvalue weighted by molar-refractivity contribution is 6.29. The van der Waals surface area contributed by atoms with E-state index in [1.54, 1.807) is 13.2 Å². The van der Waals surface area contributed by atoms with Crippen molar-refractivity contribution in [2.24, 2.45) is 0 Å². The van der Waals surface area contributed by atoms with Gasteiger partial charge in [-0.1, -0.05) is 11.6 Å². The van der Waals surface area contributed by atoms with Crippen LogP contribution < -0.4 is 14.2 Å². The lowest BCUT2D eigenvalue weighted by atomic mass is 10.2. The fraction of sp³-hybridized carbons (Fsp3) is 0.333. The SMILES string of the molecule is CCOc1cc(Cl)nc(-c2ccc(OC)c(OCC)c2)n1. The van der Waals surface area contributed by atoms with E-state index >= 15 is 0 Å². The van der Waals surface area contributed by atoms with Gasteiger partial charge >= 0.3 is 0 Å². The zero-order chi connectivity index (χ0) is 15.2. The van der Waals surface area contributed by atoms with Crippen molar-refractivity contribution < 1.29 is 14.2 Å². The van der Waals surface area contributed by atoms with Gasteiger partial charge in [0.2, 0.25) is 5.88 Å². The van der Waals surface area contributed by atoms with Gasteiger partial charge in [0.1, 0.15) is 5.15 Å². The van der Waals surface area contributed by atoms with Crippen LogP contribution in [0.2, 0.25) is 5.15 Å². The molecule has 0 N–H and O–H groups in total. The summed E-state index contributed by atoms with van der Waals surface area (Å²) in [5, 5.41) is 0.331. The number of hydrogen-bond donors (Lipinski definition) is 0. The summed E-state index contributed by atoms with van der Waals surface area (Å²) in [4.78, 5) is 8.56. The number of halogens is 1. The van der Waals surface area contributed by atoms with Crippen LogP contribution in [-0.4, -0.2) is 30.3 Å². The highest BCUT2D eigenvalue weighted by Crippen LogP contribution is 2.32. The summed E-state index contributed by atoms with van der Waals surface area (Å²) < 4.78 is 16.2. The summed E-state index contributed by atoms with van der Waals surface area (Å²) in [5.41, 5.74) is 0.780. The van der Waals surface area contributed by atoms with Gasteiger partial charge in [-0.25, -0.2) is 4.98 Å². The maximum Gasteiger partial charge on any atom is 0.218 e. The van der Waals surface area contributed by atoms with Crippen LogP contribution in [-0.2, 0) is 0 Å². The third-order valence-electron chi connectivity index (χ3n) is 2.69. The Morgan fingerprint density at radius 1 is 1.00 bits per heavy atom. The Kier molecular flexibility index (Phi) is 5.22. The molecule has 0 unspecified atom stereocenters. The molecule has 0 radical (unpaired) electrons. The van der Waals surface area contributed by atoms with Gasteiger partial charge < -0.3 is 14.2 Å². The van der Waals surface area contributed by atoms with Crippen molar-refractivity contribution in [3.05, 3.63) is 29.4 Å². The molecule has 1 heterocycles. The maximum atomic E-state index is 6.01. The first-order valence-electron chi connectivity index (χ1n) is 6.66. The highest BCUT2D eigenvalue weighted by Gasteiger charge is 2.11. The van der Waals surface area contributed by atoms with Gasteiger partial charge in [0.05, 0.1) is 20.3 Å². The molecule has 0 aliphatic heterocycles. The monoisotopic (exact) mass is 308 g/mol. The van der Waals surface area contributed by atoms with Crippen molar-refractivity contribution in [2.75, 3.05) is 20.3 Å². The Hall–Kier alpha value is -2.01. The lowest BCUT2D eigenvalue weighted by Gasteiger charge is -2.11. The van der Waals surface area contributed by atoms with Crippen molar-refractivity contribution in [3.8, 4) is 28.8 Å².